The first-order valence-electron chi connectivity index (χ1n) is 12.6. The van der Waals surface area contributed by atoms with Gasteiger partial charge in [0.15, 0.2) is 22.2 Å². The highest BCUT2D eigenvalue weighted by Crippen LogP contribution is 2.34. The second-order valence-electron chi connectivity index (χ2n) is 9.19. The van der Waals surface area contributed by atoms with Crippen molar-refractivity contribution in [1.82, 2.24) is 10.3 Å². The third-order valence-corrected chi connectivity index (χ3v) is 6.84. The van der Waals surface area contributed by atoms with Crippen molar-refractivity contribution in [1.29, 1.82) is 0 Å². The number of ether oxygens (including phenoxy) is 2. The van der Waals surface area contributed by atoms with Gasteiger partial charge in [0, 0.05) is 36.0 Å². The van der Waals surface area contributed by atoms with Crippen LogP contribution in [0, 0.1) is 10.1 Å². The molecule has 4 aromatic rings. The Morgan fingerprint density at radius 2 is 1.80 bits per heavy atom. The van der Waals surface area contributed by atoms with E-state index in [9.17, 15) is 14.9 Å². The van der Waals surface area contributed by atoms with E-state index in [0.29, 0.717) is 45.4 Å². The molecule has 1 amide bonds. The molecule has 1 saturated heterocycles. The summed E-state index contributed by atoms with van der Waals surface area (Å²) in [6, 6.07) is 15.1. The van der Waals surface area contributed by atoms with Crippen molar-refractivity contribution in [2.24, 2.45) is 0 Å². The largest absolute Gasteiger partial charge is 0.493 e. The van der Waals surface area contributed by atoms with Crippen LogP contribution in [0.3, 0.4) is 0 Å². The maximum atomic E-state index is 12.9. The zero-order valence-corrected chi connectivity index (χ0v) is 22.7. The van der Waals surface area contributed by atoms with Gasteiger partial charge in [-0.15, -0.1) is 0 Å². The number of thiocarbonyl (C=S) groups is 1. The number of rotatable bonds is 7. The Bertz CT molecular complexity index is 1600. The molecule has 5 rings (SSSR count). The van der Waals surface area contributed by atoms with E-state index < -0.39 is 10.8 Å². The van der Waals surface area contributed by atoms with Crippen LogP contribution in [0.5, 0.6) is 11.5 Å². The van der Waals surface area contributed by atoms with Crippen LogP contribution in [-0.2, 0) is 0 Å². The fourth-order valence-electron chi connectivity index (χ4n) is 4.65. The van der Waals surface area contributed by atoms with Crippen molar-refractivity contribution < 1.29 is 23.6 Å². The lowest BCUT2D eigenvalue weighted by Crippen LogP contribution is -2.34. The molecule has 1 aliphatic rings. The van der Waals surface area contributed by atoms with Crippen molar-refractivity contribution in [2.45, 2.75) is 19.3 Å². The van der Waals surface area contributed by atoms with Crippen molar-refractivity contribution in [3.05, 3.63) is 70.3 Å². The Morgan fingerprint density at radius 1 is 1.02 bits per heavy atom. The fourth-order valence-corrected chi connectivity index (χ4v) is 4.86. The number of benzene rings is 3. The molecule has 1 fully saturated rings. The number of carbonyl (C=O) groups is 1. The first-order valence-corrected chi connectivity index (χ1v) is 13.1. The molecule has 0 saturated carbocycles. The van der Waals surface area contributed by atoms with Crippen molar-refractivity contribution in [3.63, 3.8) is 0 Å². The van der Waals surface area contributed by atoms with Gasteiger partial charge in [-0.2, -0.15) is 0 Å². The molecule has 0 aliphatic carbocycles. The van der Waals surface area contributed by atoms with Crippen LogP contribution in [-0.4, -0.2) is 48.2 Å². The Balaban J connectivity index is 1.28. The average molecular weight is 562 g/mol. The van der Waals surface area contributed by atoms with Crippen molar-refractivity contribution in [2.75, 3.05) is 37.5 Å². The zero-order valence-electron chi connectivity index (χ0n) is 21.9. The zero-order chi connectivity index (χ0) is 28.2. The van der Waals surface area contributed by atoms with Crippen LogP contribution in [0.4, 0.5) is 17.1 Å². The SMILES string of the molecule is COc1ccc(-c2nc3cc(NC(=S)NC(=O)c4ccc(N5CCCCC5)c([N+](=O)[O-])c4)ccc3o2)cc1OC. The molecule has 2 heterocycles. The average Bonchev–Trinajstić information content (AvgIpc) is 3.40. The topological polar surface area (TPSA) is 132 Å². The highest BCUT2D eigenvalue weighted by Gasteiger charge is 2.23. The molecule has 0 radical (unpaired) electrons. The smallest absolute Gasteiger partial charge is 0.293 e. The lowest BCUT2D eigenvalue weighted by Gasteiger charge is -2.28. The first-order chi connectivity index (χ1) is 19.4. The molecule has 3 aromatic carbocycles. The number of amides is 1. The maximum Gasteiger partial charge on any atom is 0.293 e. The second-order valence-corrected chi connectivity index (χ2v) is 9.60. The summed E-state index contributed by atoms with van der Waals surface area (Å²) in [5.74, 6) is 0.997. The Labute approximate surface area is 235 Å². The van der Waals surface area contributed by atoms with Gasteiger partial charge >= 0.3 is 0 Å². The number of methoxy groups -OCH3 is 2. The number of aromatic nitrogens is 1. The summed E-state index contributed by atoms with van der Waals surface area (Å²) in [5, 5.41) is 17.3. The maximum absolute atomic E-state index is 12.9. The van der Waals surface area contributed by atoms with Gasteiger partial charge in [0.05, 0.1) is 19.1 Å². The lowest BCUT2D eigenvalue weighted by molar-refractivity contribution is -0.384. The number of anilines is 2. The van der Waals surface area contributed by atoms with E-state index in [-0.39, 0.29) is 16.4 Å². The number of nitro groups is 1. The lowest BCUT2D eigenvalue weighted by atomic mass is 10.1. The summed E-state index contributed by atoms with van der Waals surface area (Å²) in [5.41, 5.74) is 3.00. The molecule has 12 heteroatoms. The number of hydrogen-bond acceptors (Lipinski definition) is 9. The van der Waals surface area contributed by atoms with Gasteiger partial charge in [0.25, 0.3) is 11.6 Å². The van der Waals surface area contributed by atoms with Crippen LogP contribution < -0.4 is 25.0 Å². The fraction of sp³-hybridized carbons (Fsp3) is 0.250. The van der Waals surface area contributed by atoms with E-state index in [2.05, 4.69) is 15.6 Å². The standard InChI is InChI=1S/C28H27N5O6S/c1-37-24-10-7-18(15-25(24)38-2)27-30-20-16-19(8-11-23(20)39-27)29-28(40)31-26(34)17-6-9-21(22(14-17)33(35)36)32-12-4-3-5-13-32/h6-11,14-16H,3-5,12-13H2,1-2H3,(H2,29,31,34,40). The van der Waals surface area contributed by atoms with Crippen LogP contribution in [0.1, 0.15) is 29.6 Å². The number of nitrogens with one attached hydrogen (secondary N) is 2. The molecule has 1 aliphatic heterocycles. The summed E-state index contributed by atoms with van der Waals surface area (Å²) in [4.78, 5) is 30.7. The predicted molar refractivity (Wildman–Crippen MR) is 155 cm³/mol. The van der Waals surface area contributed by atoms with E-state index in [1.807, 2.05) is 11.0 Å². The summed E-state index contributed by atoms with van der Waals surface area (Å²) in [6.07, 6.45) is 3.08. The molecule has 0 bridgehead atoms. The highest BCUT2D eigenvalue weighted by atomic mass is 32.1. The minimum Gasteiger partial charge on any atom is -0.493 e. The van der Waals surface area contributed by atoms with E-state index in [4.69, 9.17) is 26.1 Å². The molecule has 0 unspecified atom stereocenters. The Morgan fingerprint density at radius 3 is 2.52 bits per heavy atom. The Hall–Kier alpha value is -4.71. The summed E-state index contributed by atoms with van der Waals surface area (Å²) >= 11 is 5.33. The first kappa shape index (κ1) is 26.9. The molecule has 11 nitrogen and oxygen atoms in total. The number of piperidine rings is 1. The highest BCUT2D eigenvalue weighted by molar-refractivity contribution is 7.80. The van der Waals surface area contributed by atoms with E-state index in [1.165, 1.54) is 6.07 Å². The third kappa shape index (κ3) is 5.66. The summed E-state index contributed by atoms with van der Waals surface area (Å²) in [7, 11) is 3.12. The normalized spacial score (nSPS) is 13.1. The van der Waals surface area contributed by atoms with Gasteiger partial charge in [-0.3, -0.25) is 20.2 Å². The summed E-state index contributed by atoms with van der Waals surface area (Å²) < 4.78 is 16.5. The van der Waals surface area contributed by atoms with E-state index >= 15 is 0 Å². The number of hydrogen-bond donors (Lipinski definition) is 2. The van der Waals surface area contributed by atoms with Crippen LogP contribution >= 0.6 is 12.2 Å². The van der Waals surface area contributed by atoms with E-state index in [0.717, 1.165) is 32.4 Å². The Kier molecular flexibility index (Phi) is 7.78. The van der Waals surface area contributed by atoms with Crippen LogP contribution in [0.25, 0.3) is 22.6 Å². The van der Waals surface area contributed by atoms with E-state index in [1.54, 1.807) is 56.7 Å². The number of fused-ring (bicyclic) bond motifs is 1. The van der Waals surface area contributed by atoms with Crippen molar-refractivity contribution in [3.8, 4) is 23.0 Å². The summed E-state index contributed by atoms with van der Waals surface area (Å²) in [6.45, 7) is 1.51. The number of carbonyl (C=O) groups excluding carboxylic acids is 1. The van der Waals surface area contributed by atoms with Gasteiger partial charge in [0.2, 0.25) is 5.89 Å². The quantitative estimate of drug-likeness (QED) is 0.168. The minimum absolute atomic E-state index is 0.0377. The van der Waals surface area contributed by atoms with Gasteiger partial charge in [0.1, 0.15) is 11.2 Å². The molecule has 1 aromatic heterocycles. The van der Waals surface area contributed by atoms with Gasteiger partial charge in [-0.25, -0.2) is 4.98 Å². The molecule has 0 atom stereocenters. The number of oxazole rings is 1. The molecule has 206 valence electrons. The van der Waals surface area contributed by atoms with Gasteiger partial charge in [-0.1, -0.05) is 0 Å². The number of nitro benzene ring substituents is 1. The van der Waals surface area contributed by atoms with Gasteiger partial charge in [-0.05, 0) is 80.0 Å². The molecule has 40 heavy (non-hydrogen) atoms. The van der Waals surface area contributed by atoms with Gasteiger partial charge < -0.3 is 24.1 Å². The minimum atomic E-state index is -0.552. The molecule has 2 N–H and O–H groups in total. The third-order valence-electron chi connectivity index (χ3n) is 6.63. The van der Waals surface area contributed by atoms with Crippen molar-refractivity contribution >= 4 is 51.4 Å². The second kappa shape index (κ2) is 11.6. The predicted octanol–water partition coefficient (Wildman–Crippen LogP) is 5.54. The van der Waals surface area contributed by atoms with Crippen LogP contribution in [0.15, 0.2) is 59.0 Å². The number of nitrogens with zero attached hydrogens (tertiary/aromatic N) is 3. The van der Waals surface area contributed by atoms with Crippen LogP contribution in [0.2, 0.25) is 0 Å². The molecular weight excluding hydrogens is 534 g/mol. The molecule has 0 spiro atoms. The molecular formula is C28H27N5O6S. The monoisotopic (exact) mass is 561 g/mol.